The normalized spacial score (nSPS) is 15.9. The SMILES string of the molecule is CN(CCc1ccccc1)C(=O)C1(N)CC1.Cl. The summed E-state index contributed by atoms with van der Waals surface area (Å²) < 4.78 is 0. The highest BCUT2D eigenvalue weighted by atomic mass is 35.5. The summed E-state index contributed by atoms with van der Waals surface area (Å²) in [5, 5.41) is 0. The van der Waals surface area contributed by atoms with Crippen LogP contribution in [0.3, 0.4) is 0 Å². The van der Waals surface area contributed by atoms with E-state index in [4.69, 9.17) is 5.73 Å². The van der Waals surface area contributed by atoms with Gasteiger partial charge in [-0.15, -0.1) is 12.4 Å². The summed E-state index contributed by atoms with van der Waals surface area (Å²) in [7, 11) is 1.83. The lowest BCUT2D eigenvalue weighted by Crippen LogP contribution is -2.44. The van der Waals surface area contributed by atoms with Gasteiger partial charge in [-0.05, 0) is 24.8 Å². The van der Waals surface area contributed by atoms with Crippen molar-refractivity contribution in [3.8, 4) is 0 Å². The molecule has 0 aliphatic heterocycles. The summed E-state index contributed by atoms with van der Waals surface area (Å²) in [4.78, 5) is 13.6. The first-order valence-corrected chi connectivity index (χ1v) is 5.70. The van der Waals surface area contributed by atoms with Gasteiger partial charge in [0.05, 0.1) is 5.54 Å². The van der Waals surface area contributed by atoms with Crippen LogP contribution in [0.15, 0.2) is 30.3 Å². The number of hydrogen-bond donors (Lipinski definition) is 1. The molecule has 17 heavy (non-hydrogen) atoms. The van der Waals surface area contributed by atoms with Gasteiger partial charge in [-0.1, -0.05) is 30.3 Å². The maximum absolute atomic E-state index is 11.8. The number of amides is 1. The molecule has 0 atom stereocenters. The summed E-state index contributed by atoms with van der Waals surface area (Å²) in [5.41, 5.74) is 6.59. The van der Waals surface area contributed by atoms with E-state index in [1.807, 2.05) is 25.2 Å². The maximum atomic E-state index is 11.8. The molecule has 1 amide bonds. The van der Waals surface area contributed by atoms with Gasteiger partial charge in [0.15, 0.2) is 0 Å². The first-order chi connectivity index (χ1) is 7.62. The summed E-state index contributed by atoms with van der Waals surface area (Å²) in [6.07, 6.45) is 2.56. The molecule has 0 aromatic heterocycles. The molecule has 0 saturated heterocycles. The fourth-order valence-electron chi connectivity index (χ4n) is 1.77. The average molecular weight is 255 g/mol. The van der Waals surface area contributed by atoms with Crippen LogP contribution < -0.4 is 5.73 Å². The molecular formula is C13H19ClN2O. The Hall–Kier alpha value is -1.06. The number of nitrogens with zero attached hydrogens (tertiary/aromatic N) is 1. The van der Waals surface area contributed by atoms with Gasteiger partial charge in [0.25, 0.3) is 0 Å². The van der Waals surface area contributed by atoms with E-state index in [9.17, 15) is 4.79 Å². The number of carbonyl (C=O) groups is 1. The van der Waals surface area contributed by atoms with Gasteiger partial charge in [0, 0.05) is 13.6 Å². The van der Waals surface area contributed by atoms with Crippen LogP contribution in [-0.2, 0) is 11.2 Å². The van der Waals surface area contributed by atoms with Crippen LogP contribution in [0.5, 0.6) is 0 Å². The Morgan fingerprint density at radius 3 is 2.47 bits per heavy atom. The molecule has 0 heterocycles. The molecule has 1 fully saturated rings. The first-order valence-electron chi connectivity index (χ1n) is 5.70. The van der Waals surface area contributed by atoms with Gasteiger partial charge in [0.1, 0.15) is 0 Å². The van der Waals surface area contributed by atoms with Crippen LogP contribution in [0.25, 0.3) is 0 Å². The molecular weight excluding hydrogens is 236 g/mol. The second kappa shape index (κ2) is 5.52. The van der Waals surface area contributed by atoms with Crippen molar-refractivity contribution in [3.63, 3.8) is 0 Å². The van der Waals surface area contributed by atoms with E-state index in [-0.39, 0.29) is 18.3 Å². The van der Waals surface area contributed by atoms with Crippen molar-refractivity contribution in [1.82, 2.24) is 4.90 Å². The third-order valence-corrected chi connectivity index (χ3v) is 3.14. The summed E-state index contributed by atoms with van der Waals surface area (Å²) >= 11 is 0. The number of nitrogens with two attached hydrogens (primary N) is 1. The molecule has 1 aliphatic rings. The largest absolute Gasteiger partial charge is 0.344 e. The van der Waals surface area contributed by atoms with E-state index in [0.29, 0.717) is 0 Å². The van der Waals surface area contributed by atoms with E-state index >= 15 is 0 Å². The van der Waals surface area contributed by atoms with Crippen molar-refractivity contribution in [2.24, 2.45) is 5.73 Å². The molecule has 2 N–H and O–H groups in total. The topological polar surface area (TPSA) is 46.3 Å². The monoisotopic (exact) mass is 254 g/mol. The highest BCUT2D eigenvalue weighted by Gasteiger charge is 2.47. The Kier molecular flexibility index (Phi) is 4.54. The summed E-state index contributed by atoms with van der Waals surface area (Å²) in [6.45, 7) is 0.738. The van der Waals surface area contributed by atoms with Gasteiger partial charge in [-0.3, -0.25) is 4.79 Å². The molecule has 0 bridgehead atoms. The third-order valence-electron chi connectivity index (χ3n) is 3.14. The van der Waals surface area contributed by atoms with Gasteiger partial charge < -0.3 is 10.6 Å². The van der Waals surface area contributed by atoms with Crippen molar-refractivity contribution in [3.05, 3.63) is 35.9 Å². The Bertz CT molecular complexity index is 376. The molecule has 2 rings (SSSR count). The summed E-state index contributed by atoms with van der Waals surface area (Å²) in [5.74, 6) is 0.0865. The molecule has 0 spiro atoms. The van der Waals surface area contributed by atoms with Crippen molar-refractivity contribution in [2.45, 2.75) is 24.8 Å². The number of rotatable bonds is 4. The Morgan fingerprint density at radius 1 is 1.35 bits per heavy atom. The molecule has 0 unspecified atom stereocenters. The van der Waals surface area contributed by atoms with E-state index in [1.165, 1.54) is 5.56 Å². The van der Waals surface area contributed by atoms with Crippen molar-refractivity contribution >= 4 is 18.3 Å². The number of likely N-dealkylation sites (N-methyl/N-ethyl adjacent to an activating group) is 1. The van der Waals surface area contributed by atoms with E-state index in [1.54, 1.807) is 4.90 Å². The minimum absolute atomic E-state index is 0. The average Bonchev–Trinajstić information content (AvgIpc) is 3.06. The molecule has 1 aromatic carbocycles. The number of benzene rings is 1. The fraction of sp³-hybridized carbons (Fsp3) is 0.462. The van der Waals surface area contributed by atoms with Crippen LogP contribution in [0.2, 0.25) is 0 Å². The van der Waals surface area contributed by atoms with Crippen molar-refractivity contribution < 1.29 is 4.79 Å². The molecule has 0 radical (unpaired) electrons. The minimum atomic E-state index is -0.536. The van der Waals surface area contributed by atoms with Crippen LogP contribution >= 0.6 is 12.4 Å². The zero-order chi connectivity index (χ0) is 11.6. The molecule has 1 saturated carbocycles. The Balaban J connectivity index is 0.00000144. The van der Waals surface area contributed by atoms with Crippen molar-refractivity contribution in [1.29, 1.82) is 0 Å². The van der Waals surface area contributed by atoms with E-state index < -0.39 is 5.54 Å². The third kappa shape index (κ3) is 3.45. The Labute approximate surface area is 108 Å². The lowest BCUT2D eigenvalue weighted by molar-refractivity contribution is -0.132. The van der Waals surface area contributed by atoms with Crippen LogP contribution in [0, 0.1) is 0 Å². The highest BCUT2D eigenvalue weighted by Crippen LogP contribution is 2.33. The second-order valence-electron chi connectivity index (χ2n) is 4.62. The van der Waals surface area contributed by atoms with E-state index in [0.717, 1.165) is 25.8 Å². The number of carbonyl (C=O) groups excluding carboxylic acids is 1. The standard InChI is InChI=1S/C13H18N2O.ClH/c1-15(12(16)13(14)8-9-13)10-7-11-5-3-2-4-6-11;/h2-6H,7-10,14H2,1H3;1H. The highest BCUT2D eigenvalue weighted by molar-refractivity contribution is 5.88. The predicted molar refractivity (Wildman–Crippen MR) is 71.2 cm³/mol. The molecule has 3 nitrogen and oxygen atoms in total. The fourth-order valence-corrected chi connectivity index (χ4v) is 1.77. The zero-order valence-corrected chi connectivity index (χ0v) is 10.9. The second-order valence-corrected chi connectivity index (χ2v) is 4.62. The van der Waals surface area contributed by atoms with Gasteiger partial charge in [0.2, 0.25) is 5.91 Å². The number of hydrogen-bond acceptors (Lipinski definition) is 2. The lowest BCUT2D eigenvalue weighted by atomic mass is 10.1. The van der Waals surface area contributed by atoms with Gasteiger partial charge in [-0.25, -0.2) is 0 Å². The van der Waals surface area contributed by atoms with Gasteiger partial charge in [-0.2, -0.15) is 0 Å². The summed E-state index contributed by atoms with van der Waals surface area (Å²) in [6, 6.07) is 10.2. The van der Waals surface area contributed by atoms with Crippen LogP contribution in [-0.4, -0.2) is 29.9 Å². The maximum Gasteiger partial charge on any atom is 0.242 e. The van der Waals surface area contributed by atoms with Crippen LogP contribution in [0.4, 0.5) is 0 Å². The quantitative estimate of drug-likeness (QED) is 0.887. The molecule has 1 aromatic rings. The van der Waals surface area contributed by atoms with E-state index in [2.05, 4.69) is 12.1 Å². The molecule has 94 valence electrons. The molecule has 1 aliphatic carbocycles. The minimum Gasteiger partial charge on any atom is -0.344 e. The van der Waals surface area contributed by atoms with Crippen molar-refractivity contribution in [2.75, 3.05) is 13.6 Å². The number of halogens is 1. The predicted octanol–water partition coefficient (Wildman–Crippen LogP) is 1.60. The lowest BCUT2D eigenvalue weighted by Gasteiger charge is -2.20. The smallest absolute Gasteiger partial charge is 0.242 e. The van der Waals surface area contributed by atoms with Crippen LogP contribution in [0.1, 0.15) is 18.4 Å². The van der Waals surface area contributed by atoms with Gasteiger partial charge >= 0.3 is 0 Å². The molecule has 4 heteroatoms. The first kappa shape index (κ1) is 14.0. The zero-order valence-electron chi connectivity index (χ0n) is 10.1. The Morgan fingerprint density at radius 2 is 1.94 bits per heavy atom.